The van der Waals surface area contributed by atoms with E-state index in [1.165, 1.54) is 45.3 Å². The minimum atomic E-state index is 0.649. The van der Waals surface area contributed by atoms with Gasteiger partial charge in [-0.3, -0.25) is 4.90 Å². The second kappa shape index (κ2) is 8.04. The number of unbranched alkanes of at least 4 members (excludes halogenated alkanes) is 1. The average molecular weight is 228 g/mol. The van der Waals surface area contributed by atoms with Crippen molar-refractivity contribution in [2.45, 2.75) is 51.6 Å². The number of hydrogen-bond donors (Lipinski definition) is 1. The smallest absolute Gasteiger partial charge is 0.0462 e. The molecule has 0 radical (unpaired) electrons. The van der Waals surface area contributed by atoms with Crippen LogP contribution in [0.2, 0.25) is 0 Å². The summed E-state index contributed by atoms with van der Waals surface area (Å²) < 4.78 is 5.10. The van der Waals surface area contributed by atoms with E-state index in [9.17, 15) is 0 Å². The lowest BCUT2D eigenvalue weighted by Gasteiger charge is -2.39. The maximum atomic E-state index is 5.10. The molecule has 0 saturated carbocycles. The first-order valence-electron chi connectivity index (χ1n) is 6.74. The van der Waals surface area contributed by atoms with E-state index >= 15 is 0 Å². The normalized spacial score (nSPS) is 27.2. The summed E-state index contributed by atoms with van der Waals surface area (Å²) in [6.07, 6.45) is 5.06. The third kappa shape index (κ3) is 4.81. The Morgan fingerprint density at radius 1 is 1.38 bits per heavy atom. The molecular weight excluding hydrogens is 200 g/mol. The number of hydrogen-bond acceptors (Lipinski definition) is 3. The van der Waals surface area contributed by atoms with Gasteiger partial charge in [0, 0.05) is 38.9 Å². The lowest BCUT2D eigenvalue weighted by Crippen LogP contribution is -2.55. The molecule has 1 aliphatic rings. The highest BCUT2D eigenvalue weighted by Gasteiger charge is 2.24. The molecule has 1 aliphatic heterocycles. The maximum absolute atomic E-state index is 5.10. The predicted molar refractivity (Wildman–Crippen MR) is 68.8 cm³/mol. The molecule has 1 rings (SSSR count). The Morgan fingerprint density at radius 3 is 2.88 bits per heavy atom. The van der Waals surface area contributed by atoms with Gasteiger partial charge < -0.3 is 10.1 Å². The van der Waals surface area contributed by atoms with Crippen molar-refractivity contribution in [1.82, 2.24) is 10.2 Å². The predicted octanol–water partition coefficient (Wildman–Crippen LogP) is 1.88. The van der Waals surface area contributed by atoms with Gasteiger partial charge in [-0.05, 0) is 32.7 Å². The van der Waals surface area contributed by atoms with E-state index < -0.39 is 0 Å². The van der Waals surface area contributed by atoms with Crippen LogP contribution in [0.3, 0.4) is 0 Å². The Labute approximate surface area is 101 Å². The molecule has 1 heterocycles. The van der Waals surface area contributed by atoms with Crippen molar-refractivity contribution in [3.63, 3.8) is 0 Å². The minimum absolute atomic E-state index is 0.649. The lowest BCUT2D eigenvalue weighted by molar-refractivity contribution is 0.119. The van der Waals surface area contributed by atoms with Crippen LogP contribution < -0.4 is 5.32 Å². The molecule has 0 aliphatic carbocycles. The topological polar surface area (TPSA) is 24.5 Å². The fraction of sp³-hybridized carbons (Fsp3) is 1.00. The van der Waals surface area contributed by atoms with Crippen LogP contribution in [0.1, 0.15) is 39.5 Å². The molecule has 0 amide bonds. The van der Waals surface area contributed by atoms with Gasteiger partial charge in [-0.25, -0.2) is 0 Å². The fourth-order valence-corrected chi connectivity index (χ4v) is 2.48. The van der Waals surface area contributed by atoms with Gasteiger partial charge in [-0.15, -0.1) is 0 Å². The minimum Gasteiger partial charge on any atom is -0.385 e. The van der Waals surface area contributed by atoms with E-state index in [1.54, 1.807) is 7.11 Å². The molecule has 0 bridgehead atoms. The molecule has 0 spiro atoms. The SMILES string of the molecule is CCCC1CNC(C)CN1CCCCOC. The fourth-order valence-electron chi connectivity index (χ4n) is 2.48. The molecule has 1 fully saturated rings. The van der Waals surface area contributed by atoms with E-state index in [4.69, 9.17) is 4.74 Å². The molecule has 1 saturated heterocycles. The molecule has 16 heavy (non-hydrogen) atoms. The summed E-state index contributed by atoms with van der Waals surface area (Å²) in [7, 11) is 1.78. The zero-order valence-corrected chi connectivity index (χ0v) is 11.2. The van der Waals surface area contributed by atoms with Crippen LogP contribution in [0, 0.1) is 0 Å². The first-order valence-corrected chi connectivity index (χ1v) is 6.74. The average Bonchev–Trinajstić information content (AvgIpc) is 2.28. The Bertz CT molecular complexity index is 175. The van der Waals surface area contributed by atoms with Gasteiger partial charge >= 0.3 is 0 Å². The summed E-state index contributed by atoms with van der Waals surface area (Å²) >= 11 is 0. The van der Waals surface area contributed by atoms with Crippen molar-refractivity contribution >= 4 is 0 Å². The summed E-state index contributed by atoms with van der Waals surface area (Å²) in [6, 6.07) is 1.40. The van der Waals surface area contributed by atoms with E-state index in [0.29, 0.717) is 6.04 Å². The molecule has 2 unspecified atom stereocenters. The first-order chi connectivity index (χ1) is 7.77. The van der Waals surface area contributed by atoms with E-state index in [1.807, 2.05) is 0 Å². The van der Waals surface area contributed by atoms with Gasteiger partial charge in [-0.1, -0.05) is 13.3 Å². The molecule has 2 atom stereocenters. The maximum Gasteiger partial charge on any atom is 0.0462 e. The summed E-state index contributed by atoms with van der Waals surface area (Å²) in [5, 5.41) is 3.58. The Hall–Kier alpha value is -0.120. The number of methoxy groups -OCH3 is 1. The second-order valence-corrected chi connectivity index (χ2v) is 4.95. The van der Waals surface area contributed by atoms with Gasteiger partial charge in [0.2, 0.25) is 0 Å². The van der Waals surface area contributed by atoms with Crippen LogP contribution >= 0.6 is 0 Å². The highest BCUT2D eigenvalue weighted by Crippen LogP contribution is 2.13. The summed E-state index contributed by atoms with van der Waals surface area (Å²) in [4.78, 5) is 2.67. The lowest BCUT2D eigenvalue weighted by atomic mass is 10.0. The van der Waals surface area contributed by atoms with Crippen LogP contribution in [-0.4, -0.2) is 50.3 Å². The molecule has 0 aromatic carbocycles. The Morgan fingerprint density at radius 2 is 2.19 bits per heavy atom. The van der Waals surface area contributed by atoms with E-state index in [-0.39, 0.29) is 0 Å². The third-order valence-electron chi connectivity index (χ3n) is 3.39. The van der Waals surface area contributed by atoms with Gasteiger partial charge in [-0.2, -0.15) is 0 Å². The van der Waals surface area contributed by atoms with Gasteiger partial charge in [0.15, 0.2) is 0 Å². The second-order valence-electron chi connectivity index (χ2n) is 4.95. The van der Waals surface area contributed by atoms with Crippen molar-refractivity contribution in [2.24, 2.45) is 0 Å². The number of rotatable bonds is 7. The zero-order valence-electron chi connectivity index (χ0n) is 11.2. The van der Waals surface area contributed by atoms with Crippen LogP contribution in [0.15, 0.2) is 0 Å². The molecule has 96 valence electrons. The molecule has 1 N–H and O–H groups in total. The van der Waals surface area contributed by atoms with Gasteiger partial charge in [0.05, 0.1) is 0 Å². The number of ether oxygens (including phenoxy) is 1. The van der Waals surface area contributed by atoms with Crippen molar-refractivity contribution in [2.75, 3.05) is 33.4 Å². The van der Waals surface area contributed by atoms with E-state index in [2.05, 4.69) is 24.1 Å². The van der Waals surface area contributed by atoms with Crippen molar-refractivity contribution in [1.29, 1.82) is 0 Å². The summed E-state index contributed by atoms with van der Waals surface area (Å²) in [6.45, 7) is 9.07. The molecule has 0 aromatic heterocycles. The molecule has 3 heteroatoms. The first kappa shape index (κ1) is 13.9. The zero-order chi connectivity index (χ0) is 11.8. The molecule has 0 aromatic rings. The van der Waals surface area contributed by atoms with Crippen LogP contribution in [0.25, 0.3) is 0 Å². The highest BCUT2D eigenvalue weighted by atomic mass is 16.5. The third-order valence-corrected chi connectivity index (χ3v) is 3.39. The standard InChI is InChI=1S/C13H28N2O/c1-4-7-13-10-14-12(2)11-15(13)8-5-6-9-16-3/h12-14H,4-11H2,1-3H3. The Kier molecular flexibility index (Phi) is 7.01. The van der Waals surface area contributed by atoms with Crippen molar-refractivity contribution < 1.29 is 4.74 Å². The molecular formula is C13H28N2O. The van der Waals surface area contributed by atoms with E-state index in [0.717, 1.165) is 12.6 Å². The van der Waals surface area contributed by atoms with Crippen LogP contribution in [0.4, 0.5) is 0 Å². The van der Waals surface area contributed by atoms with Crippen molar-refractivity contribution in [3.8, 4) is 0 Å². The number of nitrogens with zero attached hydrogens (tertiary/aromatic N) is 1. The quantitative estimate of drug-likeness (QED) is 0.673. The summed E-state index contributed by atoms with van der Waals surface area (Å²) in [5.41, 5.74) is 0. The van der Waals surface area contributed by atoms with Crippen LogP contribution in [0.5, 0.6) is 0 Å². The van der Waals surface area contributed by atoms with Gasteiger partial charge in [0.25, 0.3) is 0 Å². The van der Waals surface area contributed by atoms with Crippen molar-refractivity contribution in [3.05, 3.63) is 0 Å². The number of piperazine rings is 1. The van der Waals surface area contributed by atoms with Crippen LogP contribution in [-0.2, 0) is 4.74 Å². The number of nitrogens with one attached hydrogen (secondary N) is 1. The monoisotopic (exact) mass is 228 g/mol. The Balaban J connectivity index is 2.26. The summed E-state index contributed by atoms with van der Waals surface area (Å²) in [5.74, 6) is 0. The molecule has 3 nitrogen and oxygen atoms in total. The highest BCUT2D eigenvalue weighted by molar-refractivity contribution is 4.83. The van der Waals surface area contributed by atoms with Gasteiger partial charge in [0.1, 0.15) is 0 Å². The largest absolute Gasteiger partial charge is 0.385 e.